The van der Waals surface area contributed by atoms with Crippen LogP contribution in [-0.2, 0) is 0 Å². The van der Waals surface area contributed by atoms with Crippen molar-refractivity contribution in [3.05, 3.63) is 112 Å². The quantitative estimate of drug-likeness (QED) is 0.366. The van der Waals surface area contributed by atoms with E-state index in [-0.39, 0.29) is 11.6 Å². The molecule has 6 heteroatoms. The lowest BCUT2D eigenvalue weighted by Gasteiger charge is -2.38. The number of nitro groups is 1. The summed E-state index contributed by atoms with van der Waals surface area (Å²) in [6.45, 7) is 0. The van der Waals surface area contributed by atoms with Crippen LogP contribution >= 0.6 is 0 Å². The van der Waals surface area contributed by atoms with Gasteiger partial charge in [-0.15, -0.1) is 0 Å². The summed E-state index contributed by atoms with van der Waals surface area (Å²) in [5.74, 6) is -0.121. The molecule has 0 aliphatic carbocycles. The predicted molar refractivity (Wildman–Crippen MR) is 117 cm³/mol. The standard InChI is InChI=1S/C24H17N3O3/c28-24-21-14-17-6-4-5-7-18(17)15-22(21)25-23(26(24)19-8-2-1-3-9-19)16-10-12-20(13-11-16)27(29)30/h1-15,23,25H. The molecular formula is C24H17N3O3. The smallest absolute Gasteiger partial charge is 0.269 e. The van der Waals surface area contributed by atoms with Crippen LogP contribution in [0.2, 0.25) is 0 Å². The van der Waals surface area contributed by atoms with Crippen LogP contribution in [0.3, 0.4) is 0 Å². The summed E-state index contributed by atoms with van der Waals surface area (Å²) in [6.07, 6.45) is -0.491. The number of amides is 1. The second-order valence-electron chi connectivity index (χ2n) is 7.15. The first-order valence-corrected chi connectivity index (χ1v) is 9.54. The van der Waals surface area contributed by atoms with Gasteiger partial charge >= 0.3 is 0 Å². The van der Waals surface area contributed by atoms with Crippen molar-refractivity contribution in [3.8, 4) is 0 Å². The fourth-order valence-corrected chi connectivity index (χ4v) is 3.86. The maximum atomic E-state index is 13.6. The van der Waals surface area contributed by atoms with Gasteiger partial charge in [0.1, 0.15) is 6.17 Å². The number of carbonyl (C=O) groups excluding carboxylic acids is 1. The highest BCUT2D eigenvalue weighted by atomic mass is 16.6. The minimum atomic E-state index is -0.491. The third-order valence-electron chi connectivity index (χ3n) is 5.34. The van der Waals surface area contributed by atoms with Gasteiger partial charge in [-0.3, -0.25) is 19.8 Å². The number of hydrogen-bond acceptors (Lipinski definition) is 4. The Morgan fingerprint density at radius 1 is 0.833 bits per heavy atom. The van der Waals surface area contributed by atoms with Crippen molar-refractivity contribution in [1.82, 2.24) is 0 Å². The van der Waals surface area contributed by atoms with Gasteiger partial charge in [-0.1, -0.05) is 42.5 Å². The minimum Gasteiger partial charge on any atom is -0.360 e. The first-order valence-electron chi connectivity index (χ1n) is 9.54. The molecule has 5 rings (SSSR count). The predicted octanol–water partition coefficient (Wildman–Crippen LogP) is 5.52. The third kappa shape index (κ3) is 2.95. The molecule has 146 valence electrons. The molecule has 0 bridgehead atoms. The SMILES string of the molecule is O=C1c2cc3ccccc3cc2NC(c2ccc([N+](=O)[O-])cc2)N1c1ccccc1. The number of para-hydroxylation sites is 1. The highest BCUT2D eigenvalue weighted by molar-refractivity contribution is 6.14. The largest absolute Gasteiger partial charge is 0.360 e. The molecule has 4 aromatic rings. The molecule has 1 N–H and O–H groups in total. The van der Waals surface area contributed by atoms with Crippen LogP contribution < -0.4 is 10.2 Å². The number of hydrogen-bond donors (Lipinski definition) is 1. The van der Waals surface area contributed by atoms with Gasteiger partial charge in [-0.2, -0.15) is 0 Å². The molecule has 30 heavy (non-hydrogen) atoms. The van der Waals surface area contributed by atoms with Crippen molar-refractivity contribution in [3.63, 3.8) is 0 Å². The lowest BCUT2D eigenvalue weighted by Crippen LogP contribution is -2.43. The van der Waals surface area contributed by atoms with Crippen molar-refractivity contribution < 1.29 is 9.72 Å². The molecule has 1 heterocycles. The summed E-state index contributed by atoms with van der Waals surface area (Å²) in [4.78, 5) is 25.9. The zero-order valence-electron chi connectivity index (χ0n) is 15.9. The van der Waals surface area contributed by atoms with Crippen molar-refractivity contribution in [1.29, 1.82) is 0 Å². The Morgan fingerprint density at radius 3 is 2.13 bits per heavy atom. The number of nitrogens with zero attached hydrogens (tertiary/aromatic N) is 2. The van der Waals surface area contributed by atoms with Crippen LogP contribution in [0.5, 0.6) is 0 Å². The Hall–Kier alpha value is -4.19. The highest BCUT2D eigenvalue weighted by Crippen LogP contribution is 2.38. The van der Waals surface area contributed by atoms with E-state index in [1.165, 1.54) is 12.1 Å². The lowest BCUT2D eigenvalue weighted by molar-refractivity contribution is -0.384. The number of anilines is 2. The fraction of sp³-hybridized carbons (Fsp3) is 0.0417. The van der Waals surface area contributed by atoms with Crippen LogP contribution in [0, 0.1) is 10.1 Å². The number of nitro benzene ring substituents is 1. The molecule has 0 radical (unpaired) electrons. The molecule has 1 amide bonds. The molecule has 4 aromatic carbocycles. The summed E-state index contributed by atoms with van der Waals surface area (Å²) in [7, 11) is 0. The fourth-order valence-electron chi connectivity index (χ4n) is 3.86. The summed E-state index contributed by atoms with van der Waals surface area (Å²) >= 11 is 0. The number of benzene rings is 4. The van der Waals surface area contributed by atoms with Crippen LogP contribution in [0.15, 0.2) is 91.0 Å². The van der Waals surface area contributed by atoms with Gasteiger partial charge in [0.25, 0.3) is 11.6 Å². The van der Waals surface area contributed by atoms with Gasteiger partial charge in [-0.25, -0.2) is 0 Å². The van der Waals surface area contributed by atoms with Gasteiger partial charge in [0.15, 0.2) is 0 Å². The molecule has 1 aliphatic rings. The highest BCUT2D eigenvalue weighted by Gasteiger charge is 2.34. The second-order valence-corrected chi connectivity index (χ2v) is 7.15. The zero-order valence-corrected chi connectivity index (χ0v) is 15.9. The van der Waals surface area contributed by atoms with Gasteiger partial charge in [0.05, 0.1) is 10.5 Å². The van der Waals surface area contributed by atoms with Gasteiger partial charge in [0, 0.05) is 23.5 Å². The Kier molecular flexibility index (Phi) is 4.17. The number of rotatable bonds is 3. The average molecular weight is 395 g/mol. The van der Waals surface area contributed by atoms with Gasteiger partial charge in [-0.05, 0) is 52.7 Å². The zero-order chi connectivity index (χ0) is 20.7. The Balaban J connectivity index is 1.66. The lowest BCUT2D eigenvalue weighted by atomic mass is 9.99. The molecule has 0 saturated carbocycles. The van der Waals surface area contributed by atoms with E-state index in [1.54, 1.807) is 17.0 Å². The minimum absolute atomic E-state index is 0.0125. The monoisotopic (exact) mass is 395 g/mol. The Labute approximate surface area is 172 Å². The molecule has 0 saturated heterocycles. The topological polar surface area (TPSA) is 75.5 Å². The van der Waals surface area contributed by atoms with E-state index in [2.05, 4.69) is 5.32 Å². The van der Waals surface area contributed by atoms with Crippen LogP contribution in [-0.4, -0.2) is 10.8 Å². The van der Waals surface area contributed by atoms with Crippen LogP contribution in [0.4, 0.5) is 17.1 Å². The summed E-state index contributed by atoms with van der Waals surface area (Å²) in [5, 5.41) is 16.5. The first kappa shape index (κ1) is 17.9. The van der Waals surface area contributed by atoms with E-state index in [4.69, 9.17) is 0 Å². The number of fused-ring (bicyclic) bond motifs is 2. The Morgan fingerprint density at radius 2 is 1.47 bits per heavy atom. The third-order valence-corrected chi connectivity index (χ3v) is 5.34. The van der Waals surface area contributed by atoms with Crippen LogP contribution in [0.1, 0.15) is 22.1 Å². The molecule has 0 fully saturated rings. The summed E-state index contributed by atoms with van der Waals surface area (Å²) < 4.78 is 0. The van der Waals surface area contributed by atoms with E-state index < -0.39 is 11.1 Å². The van der Waals surface area contributed by atoms with Crippen molar-refractivity contribution in [2.75, 3.05) is 10.2 Å². The van der Waals surface area contributed by atoms with Gasteiger partial charge < -0.3 is 5.32 Å². The number of non-ortho nitro benzene ring substituents is 1. The van der Waals surface area contributed by atoms with E-state index in [9.17, 15) is 14.9 Å². The van der Waals surface area contributed by atoms with E-state index in [0.29, 0.717) is 5.56 Å². The maximum absolute atomic E-state index is 13.6. The van der Waals surface area contributed by atoms with Crippen LogP contribution in [0.25, 0.3) is 10.8 Å². The Bertz CT molecular complexity index is 1270. The molecule has 6 nitrogen and oxygen atoms in total. The second kappa shape index (κ2) is 7.00. The number of nitrogens with one attached hydrogen (secondary N) is 1. The molecule has 1 aliphatic heterocycles. The summed E-state index contributed by atoms with van der Waals surface area (Å²) in [5.41, 5.74) is 2.86. The molecule has 1 atom stereocenters. The van der Waals surface area contributed by atoms with E-state index >= 15 is 0 Å². The van der Waals surface area contributed by atoms with E-state index in [1.807, 2.05) is 66.7 Å². The van der Waals surface area contributed by atoms with Gasteiger partial charge in [0.2, 0.25) is 0 Å². The molecule has 0 aromatic heterocycles. The first-order chi connectivity index (χ1) is 14.6. The van der Waals surface area contributed by atoms with Crippen molar-refractivity contribution in [2.24, 2.45) is 0 Å². The molecule has 0 spiro atoms. The maximum Gasteiger partial charge on any atom is 0.269 e. The normalized spacial score (nSPS) is 15.5. The summed E-state index contributed by atoms with van der Waals surface area (Å²) in [6, 6.07) is 27.5. The molecular weight excluding hydrogens is 378 g/mol. The number of carbonyl (C=O) groups is 1. The molecule has 1 unspecified atom stereocenters. The van der Waals surface area contributed by atoms with Crippen molar-refractivity contribution in [2.45, 2.75) is 6.17 Å². The van der Waals surface area contributed by atoms with E-state index in [0.717, 1.165) is 27.7 Å². The van der Waals surface area contributed by atoms with Crippen molar-refractivity contribution >= 4 is 33.7 Å². The average Bonchev–Trinajstić information content (AvgIpc) is 2.78.